The highest BCUT2D eigenvalue weighted by Gasteiger charge is 2.47. The van der Waals surface area contributed by atoms with Gasteiger partial charge < -0.3 is 15.7 Å². The maximum Gasteiger partial charge on any atom is 0.410 e. The maximum atomic E-state index is 13.9. The predicted octanol–water partition coefficient (Wildman–Crippen LogP) is 5.81. The van der Waals surface area contributed by atoms with E-state index in [1.54, 1.807) is 43.3 Å². The lowest BCUT2D eigenvalue weighted by Crippen LogP contribution is -2.35. The summed E-state index contributed by atoms with van der Waals surface area (Å²) in [4.78, 5) is 12.8. The van der Waals surface area contributed by atoms with Crippen molar-refractivity contribution in [3.63, 3.8) is 0 Å². The van der Waals surface area contributed by atoms with Crippen molar-refractivity contribution in [3.8, 4) is 0 Å². The highest BCUT2D eigenvalue weighted by Crippen LogP contribution is 2.46. The van der Waals surface area contributed by atoms with E-state index < -0.39 is 30.3 Å². The summed E-state index contributed by atoms with van der Waals surface area (Å²) >= 11 is 6.36. The number of hydrogen-bond acceptors (Lipinski definition) is 4. The molecule has 1 aromatic heterocycles. The van der Waals surface area contributed by atoms with E-state index in [0.717, 1.165) is 10.2 Å². The van der Waals surface area contributed by atoms with Crippen molar-refractivity contribution in [1.82, 2.24) is 9.78 Å². The van der Waals surface area contributed by atoms with Crippen molar-refractivity contribution in [1.29, 1.82) is 0 Å². The molecule has 6 nitrogen and oxygen atoms in total. The first-order valence-electron chi connectivity index (χ1n) is 10.3. The van der Waals surface area contributed by atoms with Crippen molar-refractivity contribution in [2.24, 2.45) is 0 Å². The van der Waals surface area contributed by atoms with Gasteiger partial charge in [-0.15, -0.1) is 0 Å². The number of aliphatic hydroxyl groups excluding tert-OH is 1. The standard InChI is InChI=1S/C23H22ClF3N4O2/c1-12-3-5-15(6-4-12)17-11-18(23(25,26)27)31-21(29-17)19(24)20(30-31)22(33)28-16-9-7-14(8-10-16)13(2)32/h3-10,13,17-18,29,32H,11H2,1-2H3,(H,28,33)/t13-,17+,18-/m1/s1. The van der Waals surface area contributed by atoms with Gasteiger partial charge in [0.25, 0.3) is 5.91 Å². The van der Waals surface area contributed by atoms with Crippen LogP contribution in [-0.4, -0.2) is 27.0 Å². The summed E-state index contributed by atoms with van der Waals surface area (Å²) < 4.78 is 42.5. The number of rotatable bonds is 4. The number of aromatic nitrogens is 2. The first kappa shape index (κ1) is 23.1. The van der Waals surface area contributed by atoms with Crippen molar-refractivity contribution < 1.29 is 23.1 Å². The Morgan fingerprint density at radius 2 is 1.85 bits per heavy atom. The minimum atomic E-state index is -4.58. The fourth-order valence-electron chi connectivity index (χ4n) is 3.79. The molecule has 3 N–H and O–H groups in total. The van der Waals surface area contributed by atoms with Gasteiger partial charge in [0.2, 0.25) is 0 Å². The number of benzene rings is 2. The second kappa shape index (κ2) is 8.72. The molecule has 1 aliphatic rings. The number of carbonyl (C=O) groups excluding carboxylic acids is 1. The van der Waals surface area contributed by atoms with Gasteiger partial charge in [-0.3, -0.25) is 4.79 Å². The van der Waals surface area contributed by atoms with Crippen LogP contribution in [-0.2, 0) is 0 Å². The van der Waals surface area contributed by atoms with Gasteiger partial charge in [-0.2, -0.15) is 18.3 Å². The van der Waals surface area contributed by atoms with Crippen molar-refractivity contribution >= 4 is 29.0 Å². The van der Waals surface area contributed by atoms with E-state index >= 15 is 0 Å². The van der Waals surface area contributed by atoms with Crippen LogP contribution in [0.15, 0.2) is 48.5 Å². The molecular formula is C23H22ClF3N4O2. The third kappa shape index (κ3) is 4.69. The number of carbonyl (C=O) groups is 1. The van der Waals surface area contributed by atoms with E-state index in [-0.39, 0.29) is 23.0 Å². The number of amides is 1. The van der Waals surface area contributed by atoms with E-state index in [1.165, 1.54) is 0 Å². The van der Waals surface area contributed by atoms with Gasteiger partial charge in [-0.05, 0) is 37.1 Å². The Labute approximate surface area is 193 Å². The average Bonchev–Trinajstić information content (AvgIpc) is 3.10. The third-order valence-corrected chi connectivity index (χ3v) is 6.00. The van der Waals surface area contributed by atoms with Crippen LogP contribution in [0.25, 0.3) is 0 Å². The minimum Gasteiger partial charge on any atom is -0.389 e. The van der Waals surface area contributed by atoms with Crippen molar-refractivity contribution in [2.75, 3.05) is 10.6 Å². The molecule has 0 unspecified atom stereocenters. The number of aryl methyl sites for hydroxylation is 1. The van der Waals surface area contributed by atoms with Crippen LogP contribution in [0, 0.1) is 6.92 Å². The molecule has 2 aromatic carbocycles. The third-order valence-electron chi connectivity index (χ3n) is 5.64. The SMILES string of the molecule is Cc1ccc([C@@H]2C[C@H](C(F)(F)F)n3nc(C(=O)Nc4ccc([C@@H](C)O)cc4)c(Cl)c3N2)cc1. The molecule has 3 atom stereocenters. The largest absolute Gasteiger partial charge is 0.410 e. The Kier molecular flexibility index (Phi) is 6.11. The second-order valence-corrected chi connectivity index (χ2v) is 8.49. The zero-order valence-corrected chi connectivity index (χ0v) is 18.6. The Hall–Kier alpha value is -3.04. The molecule has 0 bridgehead atoms. The molecule has 0 radical (unpaired) electrons. The molecule has 10 heteroatoms. The molecule has 0 saturated carbocycles. The molecule has 0 spiro atoms. The zero-order chi connectivity index (χ0) is 23.9. The predicted molar refractivity (Wildman–Crippen MR) is 120 cm³/mol. The van der Waals surface area contributed by atoms with Gasteiger partial charge in [-0.25, -0.2) is 4.68 Å². The van der Waals surface area contributed by atoms with Gasteiger partial charge in [0, 0.05) is 12.1 Å². The molecule has 0 fully saturated rings. The summed E-state index contributed by atoms with van der Waals surface area (Å²) in [7, 11) is 0. The molecular weight excluding hydrogens is 457 g/mol. The van der Waals surface area contributed by atoms with E-state index in [1.807, 2.05) is 19.1 Å². The average molecular weight is 479 g/mol. The minimum absolute atomic E-state index is 0.0505. The number of nitrogens with one attached hydrogen (secondary N) is 2. The fourth-order valence-corrected chi connectivity index (χ4v) is 4.05. The summed E-state index contributed by atoms with van der Waals surface area (Å²) in [5.41, 5.74) is 2.41. The smallest absolute Gasteiger partial charge is 0.389 e. The van der Waals surface area contributed by atoms with Crippen LogP contribution >= 0.6 is 11.6 Å². The summed E-state index contributed by atoms with van der Waals surface area (Å²) in [5, 5.41) is 19.0. The molecule has 0 saturated heterocycles. The molecule has 33 heavy (non-hydrogen) atoms. The van der Waals surface area contributed by atoms with Crippen LogP contribution in [0.1, 0.15) is 58.7 Å². The Morgan fingerprint density at radius 3 is 2.42 bits per heavy atom. The lowest BCUT2D eigenvalue weighted by molar-refractivity contribution is -0.173. The fraction of sp³-hybridized carbons (Fsp3) is 0.304. The number of hydrogen-bond donors (Lipinski definition) is 3. The number of halogens is 4. The van der Waals surface area contributed by atoms with E-state index in [0.29, 0.717) is 16.8 Å². The first-order chi connectivity index (χ1) is 15.5. The Balaban J connectivity index is 1.65. The summed E-state index contributed by atoms with van der Waals surface area (Å²) in [6.45, 7) is 3.50. The molecule has 0 aliphatic carbocycles. The Bertz CT molecular complexity index is 1160. The number of nitrogens with zero attached hydrogens (tertiary/aromatic N) is 2. The first-order valence-corrected chi connectivity index (χ1v) is 10.7. The molecule has 2 heterocycles. The van der Waals surface area contributed by atoms with Crippen LogP contribution in [0.2, 0.25) is 5.02 Å². The molecule has 4 rings (SSSR count). The molecule has 3 aromatic rings. The van der Waals surface area contributed by atoms with Crippen molar-refractivity contribution in [2.45, 2.75) is 44.6 Å². The zero-order valence-electron chi connectivity index (χ0n) is 17.8. The highest BCUT2D eigenvalue weighted by atomic mass is 35.5. The molecule has 1 aliphatic heterocycles. The van der Waals surface area contributed by atoms with E-state index in [9.17, 15) is 23.1 Å². The summed E-state index contributed by atoms with van der Waals surface area (Å²) in [5.74, 6) is -0.785. The van der Waals surface area contributed by atoms with E-state index in [2.05, 4.69) is 15.7 Å². The number of fused-ring (bicyclic) bond motifs is 1. The van der Waals surface area contributed by atoms with Crippen LogP contribution in [0.3, 0.4) is 0 Å². The summed E-state index contributed by atoms with van der Waals surface area (Å²) in [6, 6.07) is 11.0. The number of anilines is 2. The quantitative estimate of drug-likeness (QED) is 0.442. The van der Waals surface area contributed by atoms with Gasteiger partial charge in [0.05, 0.1) is 12.1 Å². The number of alkyl halides is 3. The normalized spacial score (nSPS) is 18.9. The van der Waals surface area contributed by atoms with Crippen LogP contribution in [0.5, 0.6) is 0 Å². The van der Waals surface area contributed by atoms with E-state index in [4.69, 9.17) is 11.6 Å². The molecule has 1 amide bonds. The monoisotopic (exact) mass is 478 g/mol. The van der Waals surface area contributed by atoms with Gasteiger partial charge in [-0.1, -0.05) is 53.6 Å². The lowest BCUT2D eigenvalue weighted by Gasteiger charge is -2.33. The highest BCUT2D eigenvalue weighted by molar-refractivity contribution is 6.36. The maximum absolute atomic E-state index is 13.9. The summed E-state index contributed by atoms with van der Waals surface area (Å²) in [6.07, 6.45) is -5.55. The van der Waals surface area contributed by atoms with Crippen molar-refractivity contribution in [3.05, 3.63) is 75.9 Å². The molecule has 174 valence electrons. The number of aliphatic hydroxyl groups is 1. The van der Waals surface area contributed by atoms with Gasteiger partial charge in [0.15, 0.2) is 11.7 Å². The topological polar surface area (TPSA) is 79.2 Å². The van der Waals surface area contributed by atoms with Gasteiger partial charge >= 0.3 is 6.18 Å². The lowest BCUT2D eigenvalue weighted by atomic mass is 9.96. The van der Waals surface area contributed by atoms with Crippen LogP contribution < -0.4 is 10.6 Å². The van der Waals surface area contributed by atoms with Gasteiger partial charge in [0.1, 0.15) is 10.8 Å². The Morgan fingerprint density at radius 1 is 1.21 bits per heavy atom. The van der Waals surface area contributed by atoms with Crippen LogP contribution in [0.4, 0.5) is 24.7 Å². The second-order valence-electron chi connectivity index (χ2n) is 8.11.